The lowest BCUT2D eigenvalue weighted by molar-refractivity contribution is -0.133. The molecule has 0 spiro atoms. The third kappa shape index (κ3) is 3.25. The van der Waals surface area contributed by atoms with Crippen LogP contribution in [0.4, 0.5) is 0 Å². The number of sulfonamides is 1. The van der Waals surface area contributed by atoms with Crippen molar-refractivity contribution in [3.63, 3.8) is 0 Å². The van der Waals surface area contributed by atoms with Gasteiger partial charge in [0.25, 0.3) is 5.91 Å². The average Bonchev–Trinajstić information content (AvgIpc) is 2.68. The monoisotopic (exact) mass is 374 g/mol. The van der Waals surface area contributed by atoms with Gasteiger partial charge in [0, 0.05) is 13.1 Å². The molecule has 0 radical (unpaired) electrons. The van der Waals surface area contributed by atoms with Gasteiger partial charge in [0.2, 0.25) is 10.0 Å². The van der Waals surface area contributed by atoms with E-state index in [9.17, 15) is 18.3 Å². The van der Waals surface area contributed by atoms with Crippen molar-refractivity contribution in [2.75, 3.05) is 13.1 Å². The summed E-state index contributed by atoms with van der Waals surface area (Å²) < 4.78 is 26.9. The Labute approximate surface area is 153 Å². The fraction of sp³-hybridized carbons (Fsp3) is 0.316. The van der Waals surface area contributed by atoms with Crippen LogP contribution in [0.25, 0.3) is 0 Å². The second kappa shape index (κ2) is 7.19. The van der Waals surface area contributed by atoms with Gasteiger partial charge in [0.1, 0.15) is 0 Å². The number of nitrogens with zero attached hydrogens (tertiary/aromatic N) is 1. The summed E-state index contributed by atoms with van der Waals surface area (Å²) in [6, 6.07) is 14.1. The highest BCUT2D eigenvalue weighted by Crippen LogP contribution is 2.31. The molecule has 0 aliphatic carbocycles. The molecule has 1 unspecified atom stereocenters. The Morgan fingerprint density at radius 1 is 0.923 bits per heavy atom. The Bertz CT molecular complexity index is 876. The van der Waals surface area contributed by atoms with Crippen molar-refractivity contribution in [1.82, 2.24) is 4.31 Å². The Morgan fingerprint density at radius 3 is 2.00 bits per heavy atom. The smallest absolute Gasteiger partial charge is 0.258 e. The van der Waals surface area contributed by atoms with Gasteiger partial charge in [-0.15, -0.1) is 0 Å². The molecule has 1 amide bonds. The van der Waals surface area contributed by atoms with Crippen molar-refractivity contribution in [2.45, 2.75) is 29.8 Å². The topological polar surface area (TPSA) is 101 Å². The van der Waals surface area contributed by atoms with E-state index >= 15 is 0 Å². The van der Waals surface area contributed by atoms with Crippen LogP contribution in [0.2, 0.25) is 0 Å². The van der Waals surface area contributed by atoms with Crippen LogP contribution in [0.3, 0.4) is 0 Å². The van der Waals surface area contributed by atoms with E-state index in [2.05, 4.69) is 0 Å². The Balaban J connectivity index is 1.97. The third-order valence-corrected chi connectivity index (χ3v) is 6.69. The maximum absolute atomic E-state index is 12.7. The molecule has 0 bridgehead atoms. The third-order valence-electron chi connectivity index (χ3n) is 4.77. The van der Waals surface area contributed by atoms with Crippen LogP contribution in [0.1, 0.15) is 30.4 Å². The van der Waals surface area contributed by atoms with Gasteiger partial charge in [0.05, 0.1) is 4.90 Å². The molecule has 0 saturated carbocycles. The van der Waals surface area contributed by atoms with E-state index in [1.54, 1.807) is 30.3 Å². The lowest BCUT2D eigenvalue weighted by Crippen LogP contribution is -2.42. The number of aliphatic hydroxyl groups is 1. The van der Waals surface area contributed by atoms with Gasteiger partial charge in [-0.1, -0.05) is 48.9 Å². The van der Waals surface area contributed by atoms with E-state index in [1.165, 1.54) is 28.6 Å². The molecule has 7 heteroatoms. The van der Waals surface area contributed by atoms with Crippen molar-refractivity contribution in [1.29, 1.82) is 0 Å². The van der Waals surface area contributed by atoms with Gasteiger partial charge in [-0.05, 0) is 36.1 Å². The van der Waals surface area contributed by atoms with Crippen LogP contribution in [0.5, 0.6) is 0 Å². The highest BCUT2D eigenvalue weighted by Gasteiger charge is 2.38. The van der Waals surface area contributed by atoms with Crippen molar-refractivity contribution >= 4 is 15.9 Å². The summed E-state index contributed by atoms with van der Waals surface area (Å²) in [6.07, 6.45) is 2.74. The molecule has 3 N–H and O–H groups in total. The highest BCUT2D eigenvalue weighted by atomic mass is 32.2. The molecule has 3 rings (SSSR count). The first-order valence-corrected chi connectivity index (χ1v) is 9.99. The van der Waals surface area contributed by atoms with Crippen LogP contribution in [-0.2, 0) is 20.4 Å². The highest BCUT2D eigenvalue weighted by molar-refractivity contribution is 7.89. The molecule has 1 saturated heterocycles. The molecule has 2 aromatic carbocycles. The molecule has 6 nitrogen and oxygen atoms in total. The summed E-state index contributed by atoms with van der Waals surface area (Å²) in [5.74, 6) is -0.921. The van der Waals surface area contributed by atoms with E-state index in [1.807, 2.05) is 0 Å². The van der Waals surface area contributed by atoms with Gasteiger partial charge in [0.15, 0.2) is 5.60 Å². The number of carbonyl (C=O) groups is 1. The van der Waals surface area contributed by atoms with Gasteiger partial charge in [-0.25, -0.2) is 8.42 Å². The number of hydrogen-bond acceptors (Lipinski definition) is 4. The number of amides is 1. The summed E-state index contributed by atoms with van der Waals surface area (Å²) in [6.45, 7) is 1.03. The van der Waals surface area contributed by atoms with Gasteiger partial charge in [-0.2, -0.15) is 4.31 Å². The summed E-state index contributed by atoms with van der Waals surface area (Å²) in [7, 11) is -3.57. The molecule has 1 fully saturated rings. The lowest BCUT2D eigenvalue weighted by Gasteiger charge is -2.27. The van der Waals surface area contributed by atoms with E-state index in [4.69, 9.17) is 5.73 Å². The van der Waals surface area contributed by atoms with Crippen LogP contribution >= 0.6 is 0 Å². The molecule has 1 aliphatic heterocycles. The first kappa shape index (κ1) is 18.6. The second-order valence-electron chi connectivity index (χ2n) is 6.43. The number of nitrogens with two attached hydrogens (primary N) is 1. The summed E-state index contributed by atoms with van der Waals surface area (Å²) in [5.41, 5.74) is 4.00. The zero-order chi connectivity index (χ0) is 18.8. The van der Waals surface area contributed by atoms with E-state index < -0.39 is 21.5 Å². The minimum absolute atomic E-state index is 0.142. The lowest BCUT2D eigenvalue weighted by atomic mass is 9.86. The van der Waals surface area contributed by atoms with Crippen molar-refractivity contribution in [3.05, 3.63) is 65.7 Å². The Kier molecular flexibility index (Phi) is 5.13. The standard InChI is InChI=1S/C19H22N2O4S/c20-18(22)19(23,15-7-3-1-4-8-15)16-9-11-17(12-10-16)26(24,25)21-13-5-2-6-14-21/h1,3-4,7-12,23H,2,5-6,13-14H2,(H2,20,22). The minimum atomic E-state index is -3.57. The zero-order valence-electron chi connectivity index (χ0n) is 14.3. The fourth-order valence-electron chi connectivity index (χ4n) is 3.25. The van der Waals surface area contributed by atoms with Crippen molar-refractivity contribution < 1.29 is 18.3 Å². The SMILES string of the molecule is NC(=O)C(O)(c1ccccc1)c1ccc(S(=O)(=O)N2CCCCC2)cc1. The quantitative estimate of drug-likeness (QED) is 0.830. The normalized spacial score (nSPS) is 18.2. The summed E-state index contributed by atoms with van der Waals surface area (Å²) >= 11 is 0. The van der Waals surface area contributed by atoms with Crippen LogP contribution in [-0.4, -0.2) is 36.8 Å². The molecule has 2 aromatic rings. The maximum Gasteiger partial charge on any atom is 0.258 e. The van der Waals surface area contributed by atoms with Gasteiger partial charge >= 0.3 is 0 Å². The number of piperidine rings is 1. The zero-order valence-corrected chi connectivity index (χ0v) is 15.2. The minimum Gasteiger partial charge on any atom is -0.372 e. The van der Waals surface area contributed by atoms with E-state index in [-0.39, 0.29) is 10.5 Å². The van der Waals surface area contributed by atoms with Crippen LogP contribution in [0.15, 0.2) is 59.5 Å². The first-order chi connectivity index (χ1) is 12.4. The van der Waals surface area contributed by atoms with Crippen molar-refractivity contribution in [2.24, 2.45) is 5.73 Å². The predicted molar refractivity (Wildman–Crippen MR) is 97.7 cm³/mol. The van der Waals surface area contributed by atoms with Crippen LogP contribution < -0.4 is 5.73 Å². The molecule has 1 atom stereocenters. The number of primary amides is 1. The summed E-state index contributed by atoms with van der Waals surface area (Å²) in [4.78, 5) is 12.1. The Morgan fingerprint density at radius 2 is 1.46 bits per heavy atom. The second-order valence-corrected chi connectivity index (χ2v) is 8.37. The average molecular weight is 374 g/mol. The number of benzene rings is 2. The molecule has 26 heavy (non-hydrogen) atoms. The number of carbonyl (C=O) groups excluding carboxylic acids is 1. The summed E-state index contributed by atoms with van der Waals surface area (Å²) in [5, 5.41) is 10.9. The van der Waals surface area contributed by atoms with E-state index in [0.717, 1.165) is 19.3 Å². The molecule has 1 aliphatic rings. The van der Waals surface area contributed by atoms with Crippen molar-refractivity contribution in [3.8, 4) is 0 Å². The maximum atomic E-state index is 12.7. The molecule has 1 heterocycles. The van der Waals surface area contributed by atoms with Gasteiger partial charge < -0.3 is 10.8 Å². The number of hydrogen-bond donors (Lipinski definition) is 2. The molecule has 0 aromatic heterocycles. The molecular weight excluding hydrogens is 352 g/mol. The van der Waals surface area contributed by atoms with Crippen LogP contribution in [0, 0.1) is 0 Å². The molecule has 138 valence electrons. The largest absolute Gasteiger partial charge is 0.372 e. The van der Waals surface area contributed by atoms with E-state index in [0.29, 0.717) is 18.7 Å². The Hall–Kier alpha value is -2.22. The predicted octanol–water partition coefficient (Wildman–Crippen LogP) is 1.58. The fourth-order valence-corrected chi connectivity index (χ4v) is 4.77. The molecular formula is C19H22N2O4S. The number of rotatable bonds is 5. The van der Waals surface area contributed by atoms with Gasteiger partial charge in [-0.3, -0.25) is 4.79 Å². The first-order valence-electron chi connectivity index (χ1n) is 8.55.